The Kier molecular flexibility index (Phi) is 4.05. The van der Waals surface area contributed by atoms with Crippen LogP contribution in [0.4, 0.5) is 0 Å². The van der Waals surface area contributed by atoms with Crippen LogP contribution in [0, 0.1) is 0 Å². The summed E-state index contributed by atoms with van der Waals surface area (Å²) in [7, 11) is 2.03. The molecule has 6 nitrogen and oxygen atoms in total. The van der Waals surface area contributed by atoms with Crippen LogP contribution < -0.4 is 14.8 Å². The number of aliphatic hydroxyl groups excluding tert-OH is 1. The fraction of sp³-hybridized carbons (Fsp3) is 0.643. The van der Waals surface area contributed by atoms with E-state index in [4.69, 9.17) is 9.47 Å². The first kappa shape index (κ1) is 13.6. The predicted molar refractivity (Wildman–Crippen MR) is 74.0 cm³/mol. The van der Waals surface area contributed by atoms with Crippen LogP contribution in [-0.4, -0.2) is 60.5 Å². The Balaban J connectivity index is 1.58. The van der Waals surface area contributed by atoms with Crippen LogP contribution in [0.3, 0.4) is 0 Å². The summed E-state index contributed by atoms with van der Waals surface area (Å²) < 4.78 is 11.0. The van der Waals surface area contributed by atoms with Gasteiger partial charge in [0.05, 0.1) is 18.0 Å². The van der Waals surface area contributed by atoms with Crippen molar-refractivity contribution in [3.05, 3.63) is 18.0 Å². The lowest BCUT2D eigenvalue weighted by atomic mass is 10.0. The molecule has 6 heteroatoms. The van der Waals surface area contributed by atoms with Gasteiger partial charge in [0.1, 0.15) is 13.2 Å². The summed E-state index contributed by atoms with van der Waals surface area (Å²) in [5.41, 5.74) is 0.903. The molecule has 2 aliphatic rings. The predicted octanol–water partition coefficient (Wildman–Crippen LogP) is 0.00740. The molecule has 20 heavy (non-hydrogen) atoms. The first-order valence-corrected chi connectivity index (χ1v) is 7.07. The number of aliphatic hydroxyl groups is 1. The Morgan fingerprint density at radius 3 is 3.00 bits per heavy atom. The molecule has 2 N–H and O–H groups in total. The van der Waals surface area contributed by atoms with Gasteiger partial charge >= 0.3 is 0 Å². The molecule has 1 aromatic heterocycles. The summed E-state index contributed by atoms with van der Waals surface area (Å²) in [6, 6.07) is 2.03. The molecule has 0 bridgehead atoms. The Labute approximate surface area is 118 Å². The lowest BCUT2D eigenvalue weighted by Gasteiger charge is -2.34. The van der Waals surface area contributed by atoms with E-state index in [0.29, 0.717) is 32.1 Å². The standard InChI is InChI=1S/C14H21N3O3/c1-17-3-2-11(12(18)9-17)16-7-10-6-13-14(8-15-10)20-5-4-19-13/h6,8,11-12,16,18H,2-5,7,9H2,1H3. The van der Waals surface area contributed by atoms with E-state index in [1.807, 2.05) is 13.1 Å². The van der Waals surface area contributed by atoms with Gasteiger partial charge in [-0.2, -0.15) is 0 Å². The molecule has 110 valence electrons. The second kappa shape index (κ2) is 5.95. The quantitative estimate of drug-likeness (QED) is 0.812. The molecular formula is C14H21N3O3. The van der Waals surface area contributed by atoms with E-state index in [1.54, 1.807) is 6.20 Å². The topological polar surface area (TPSA) is 66.9 Å². The van der Waals surface area contributed by atoms with Crippen molar-refractivity contribution in [2.45, 2.75) is 25.1 Å². The van der Waals surface area contributed by atoms with Gasteiger partial charge in [0.25, 0.3) is 0 Å². The third-order valence-corrected chi connectivity index (χ3v) is 3.82. The van der Waals surface area contributed by atoms with Crippen molar-refractivity contribution in [3.63, 3.8) is 0 Å². The van der Waals surface area contributed by atoms with Gasteiger partial charge < -0.3 is 24.8 Å². The van der Waals surface area contributed by atoms with Gasteiger partial charge in [-0.1, -0.05) is 0 Å². The maximum atomic E-state index is 10.0. The lowest BCUT2D eigenvalue weighted by molar-refractivity contribution is 0.0511. The van der Waals surface area contributed by atoms with Gasteiger partial charge in [-0.15, -0.1) is 0 Å². The van der Waals surface area contributed by atoms with Crippen molar-refractivity contribution in [2.24, 2.45) is 0 Å². The van der Waals surface area contributed by atoms with E-state index in [2.05, 4.69) is 15.2 Å². The van der Waals surface area contributed by atoms with Crippen molar-refractivity contribution in [1.29, 1.82) is 0 Å². The molecule has 0 aliphatic carbocycles. The average molecular weight is 279 g/mol. The monoisotopic (exact) mass is 279 g/mol. The normalized spacial score (nSPS) is 26.5. The highest BCUT2D eigenvalue weighted by atomic mass is 16.6. The zero-order valence-electron chi connectivity index (χ0n) is 11.7. The molecule has 0 aromatic carbocycles. The number of aromatic nitrogens is 1. The maximum Gasteiger partial charge on any atom is 0.179 e. The number of nitrogens with zero attached hydrogens (tertiary/aromatic N) is 2. The highest BCUT2D eigenvalue weighted by Gasteiger charge is 2.25. The van der Waals surface area contributed by atoms with Crippen molar-refractivity contribution in [2.75, 3.05) is 33.4 Å². The van der Waals surface area contributed by atoms with E-state index in [-0.39, 0.29) is 12.1 Å². The van der Waals surface area contributed by atoms with Crippen LogP contribution in [0.5, 0.6) is 11.5 Å². The number of piperidine rings is 1. The number of nitrogens with one attached hydrogen (secondary N) is 1. The first-order valence-electron chi connectivity index (χ1n) is 7.07. The minimum atomic E-state index is -0.328. The van der Waals surface area contributed by atoms with Crippen LogP contribution in [0.2, 0.25) is 0 Å². The number of rotatable bonds is 3. The highest BCUT2D eigenvalue weighted by molar-refractivity contribution is 5.39. The van der Waals surface area contributed by atoms with E-state index in [9.17, 15) is 5.11 Å². The number of hydrogen-bond donors (Lipinski definition) is 2. The number of likely N-dealkylation sites (N-methyl/N-ethyl adjacent to an activating group) is 1. The molecule has 1 fully saturated rings. The van der Waals surface area contributed by atoms with Crippen molar-refractivity contribution in [1.82, 2.24) is 15.2 Å². The Hall–Kier alpha value is -1.37. The van der Waals surface area contributed by atoms with Crippen molar-refractivity contribution in [3.8, 4) is 11.5 Å². The zero-order valence-corrected chi connectivity index (χ0v) is 11.7. The summed E-state index contributed by atoms with van der Waals surface area (Å²) in [6.45, 7) is 3.50. The van der Waals surface area contributed by atoms with E-state index in [0.717, 1.165) is 24.4 Å². The van der Waals surface area contributed by atoms with Crippen LogP contribution in [-0.2, 0) is 6.54 Å². The molecule has 0 amide bonds. The minimum Gasteiger partial charge on any atom is -0.486 e. The average Bonchev–Trinajstić information content (AvgIpc) is 2.46. The van der Waals surface area contributed by atoms with E-state index < -0.39 is 0 Å². The van der Waals surface area contributed by atoms with Gasteiger partial charge in [-0.25, -0.2) is 0 Å². The van der Waals surface area contributed by atoms with Gasteiger partial charge in [0.15, 0.2) is 11.5 Å². The fourth-order valence-electron chi connectivity index (χ4n) is 2.65. The smallest absolute Gasteiger partial charge is 0.179 e. The molecule has 3 rings (SSSR count). The molecule has 1 aromatic rings. The molecule has 2 aliphatic heterocycles. The molecule has 2 atom stereocenters. The Morgan fingerprint density at radius 1 is 1.40 bits per heavy atom. The fourth-order valence-corrected chi connectivity index (χ4v) is 2.65. The van der Waals surface area contributed by atoms with Gasteiger partial charge in [0.2, 0.25) is 0 Å². The van der Waals surface area contributed by atoms with Crippen LogP contribution in [0.1, 0.15) is 12.1 Å². The molecular weight excluding hydrogens is 258 g/mol. The molecule has 0 saturated carbocycles. The largest absolute Gasteiger partial charge is 0.486 e. The Morgan fingerprint density at radius 2 is 2.20 bits per heavy atom. The molecule has 2 unspecified atom stereocenters. The van der Waals surface area contributed by atoms with Crippen molar-refractivity contribution < 1.29 is 14.6 Å². The number of likely N-dealkylation sites (tertiary alicyclic amines) is 1. The van der Waals surface area contributed by atoms with Crippen molar-refractivity contribution >= 4 is 0 Å². The van der Waals surface area contributed by atoms with Gasteiger partial charge in [-0.3, -0.25) is 4.98 Å². The molecule has 3 heterocycles. The first-order chi connectivity index (χ1) is 9.72. The van der Waals surface area contributed by atoms with Crippen LogP contribution in [0.25, 0.3) is 0 Å². The van der Waals surface area contributed by atoms with E-state index in [1.165, 1.54) is 0 Å². The molecule has 1 saturated heterocycles. The molecule has 0 spiro atoms. The second-order valence-electron chi connectivity index (χ2n) is 5.42. The number of fused-ring (bicyclic) bond motifs is 1. The molecule has 0 radical (unpaired) electrons. The third-order valence-electron chi connectivity index (χ3n) is 3.82. The van der Waals surface area contributed by atoms with Gasteiger partial charge in [-0.05, 0) is 20.0 Å². The highest BCUT2D eigenvalue weighted by Crippen LogP contribution is 2.29. The Bertz CT molecular complexity index is 469. The third kappa shape index (κ3) is 3.03. The lowest BCUT2D eigenvalue weighted by Crippen LogP contribution is -2.51. The summed E-state index contributed by atoms with van der Waals surface area (Å²) in [4.78, 5) is 6.50. The number of β-amino-alcohol motifs (C(OH)–C–C–N with tert-alkyl or cyclic N) is 1. The summed E-state index contributed by atoms with van der Waals surface area (Å²) in [6.07, 6.45) is 2.32. The zero-order chi connectivity index (χ0) is 13.9. The van der Waals surface area contributed by atoms with Gasteiger partial charge in [0, 0.05) is 25.2 Å². The number of ether oxygens (including phenoxy) is 2. The number of pyridine rings is 1. The number of hydrogen-bond acceptors (Lipinski definition) is 6. The minimum absolute atomic E-state index is 0.126. The second-order valence-corrected chi connectivity index (χ2v) is 5.42. The van der Waals surface area contributed by atoms with E-state index >= 15 is 0 Å². The van der Waals surface area contributed by atoms with Crippen LogP contribution in [0.15, 0.2) is 12.3 Å². The maximum absolute atomic E-state index is 10.0. The SMILES string of the molecule is CN1CCC(NCc2cc3c(cn2)OCCO3)C(O)C1. The summed E-state index contributed by atoms with van der Waals surface area (Å²) >= 11 is 0. The summed E-state index contributed by atoms with van der Waals surface area (Å²) in [5.74, 6) is 1.46. The van der Waals surface area contributed by atoms with Crippen LogP contribution >= 0.6 is 0 Å². The summed E-state index contributed by atoms with van der Waals surface area (Å²) in [5, 5.41) is 13.4.